The van der Waals surface area contributed by atoms with Crippen LogP contribution in [0.2, 0.25) is 5.02 Å². The minimum absolute atomic E-state index is 0.0472. The number of halogens is 1. The molecule has 0 radical (unpaired) electrons. The molecule has 4 rings (SSSR count). The molecule has 1 atom stereocenters. The van der Waals surface area contributed by atoms with E-state index in [1.807, 2.05) is 6.07 Å². The zero-order valence-electron chi connectivity index (χ0n) is 12.6. The number of aromatic nitrogens is 4. The van der Waals surface area contributed by atoms with Crippen LogP contribution in [0.25, 0.3) is 22.4 Å². The number of nitrogens with one attached hydrogen (secondary N) is 2. The molecule has 0 bridgehead atoms. The molecule has 1 amide bonds. The van der Waals surface area contributed by atoms with Gasteiger partial charge in [-0.05, 0) is 18.9 Å². The quantitative estimate of drug-likeness (QED) is 0.749. The number of hydrogen-bond acceptors (Lipinski definition) is 6. The Labute approximate surface area is 141 Å². The summed E-state index contributed by atoms with van der Waals surface area (Å²) in [4.78, 5) is 23.4. The van der Waals surface area contributed by atoms with Gasteiger partial charge in [0.1, 0.15) is 5.65 Å². The van der Waals surface area contributed by atoms with Crippen molar-refractivity contribution in [1.29, 1.82) is 0 Å². The van der Waals surface area contributed by atoms with Gasteiger partial charge in [-0.15, -0.1) is 0 Å². The largest absolute Gasteiger partial charge is 0.376 e. The molecule has 1 saturated heterocycles. The highest BCUT2D eigenvalue weighted by Crippen LogP contribution is 2.31. The molecule has 124 valence electrons. The van der Waals surface area contributed by atoms with Gasteiger partial charge in [-0.3, -0.25) is 4.79 Å². The van der Waals surface area contributed by atoms with Gasteiger partial charge in [0.05, 0.1) is 16.7 Å². The lowest BCUT2D eigenvalue weighted by molar-refractivity contribution is 0.0822. The fourth-order valence-electron chi connectivity index (χ4n) is 2.64. The minimum Gasteiger partial charge on any atom is -0.376 e. The first kappa shape index (κ1) is 15.1. The maximum Gasteiger partial charge on any atom is 0.316 e. The molecule has 24 heavy (non-hydrogen) atoms. The number of rotatable bonds is 4. The van der Waals surface area contributed by atoms with Crippen LogP contribution in [-0.4, -0.2) is 45.3 Å². The minimum atomic E-state index is -0.434. The van der Waals surface area contributed by atoms with Gasteiger partial charge < -0.3 is 19.6 Å². The summed E-state index contributed by atoms with van der Waals surface area (Å²) >= 11 is 6.35. The number of H-pyrrole nitrogens is 1. The number of aromatic amines is 1. The van der Waals surface area contributed by atoms with Crippen molar-refractivity contribution in [2.75, 3.05) is 13.2 Å². The third-order valence-corrected chi connectivity index (χ3v) is 4.30. The van der Waals surface area contributed by atoms with E-state index in [-0.39, 0.29) is 17.8 Å². The number of fused-ring (bicyclic) bond motifs is 1. The Morgan fingerprint density at radius 1 is 1.50 bits per heavy atom. The van der Waals surface area contributed by atoms with Gasteiger partial charge >= 0.3 is 11.8 Å². The zero-order valence-corrected chi connectivity index (χ0v) is 13.3. The summed E-state index contributed by atoms with van der Waals surface area (Å²) in [5, 5.41) is 7.76. The molecule has 1 fully saturated rings. The van der Waals surface area contributed by atoms with Gasteiger partial charge in [0.15, 0.2) is 0 Å². The predicted octanol–water partition coefficient (Wildman–Crippen LogP) is 2.18. The van der Waals surface area contributed by atoms with Crippen LogP contribution < -0.4 is 5.32 Å². The van der Waals surface area contributed by atoms with Crippen LogP contribution in [-0.2, 0) is 4.74 Å². The van der Waals surface area contributed by atoms with E-state index >= 15 is 0 Å². The molecule has 8 nitrogen and oxygen atoms in total. The number of carbonyl (C=O) groups is 1. The van der Waals surface area contributed by atoms with Gasteiger partial charge in [0.2, 0.25) is 5.82 Å². The number of hydrogen-bond donors (Lipinski definition) is 2. The highest BCUT2D eigenvalue weighted by atomic mass is 35.5. The summed E-state index contributed by atoms with van der Waals surface area (Å²) < 4.78 is 10.5. The van der Waals surface area contributed by atoms with E-state index in [1.54, 1.807) is 12.4 Å². The Balaban J connectivity index is 1.52. The van der Waals surface area contributed by atoms with Crippen LogP contribution in [0.3, 0.4) is 0 Å². The number of ether oxygens (including phenoxy) is 1. The number of amides is 1. The average molecular weight is 348 g/mol. The van der Waals surface area contributed by atoms with Crippen LogP contribution in [0.15, 0.2) is 23.0 Å². The van der Waals surface area contributed by atoms with Crippen molar-refractivity contribution in [3.05, 3.63) is 29.4 Å². The van der Waals surface area contributed by atoms with Crippen molar-refractivity contribution in [1.82, 2.24) is 25.4 Å². The highest BCUT2D eigenvalue weighted by Gasteiger charge is 2.21. The Morgan fingerprint density at radius 2 is 2.42 bits per heavy atom. The SMILES string of the molecule is O=C(NCC1CCCO1)c1nc(-c2cnc3[nH]ccc3c2Cl)no1. The van der Waals surface area contributed by atoms with Gasteiger partial charge in [-0.25, -0.2) is 4.98 Å². The van der Waals surface area contributed by atoms with Crippen molar-refractivity contribution in [2.24, 2.45) is 0 Å². The Bertz CT molecular complexity index is 884. The molecule has 1 aliphatic rings. The molecule has 3 aromatic rings. The van der Waals surface area contributed by atoms with E-state index < -0.39 is 5.91 Å². The second-order valence-electron chi connectivity index (χ2n) is 5.49. The second kappa shape index (κ2) is 6.21. The molecular formula is C15H14ClN5O3. The van der Waals surface area contributed by atoms with Gasteiger partial charge in [-0.2, -0.15) is 4.98 Å². The van der Waals surface area contributed by atoms with Crippen LogP contribution >= 0.6 is 11.6 Å². The first-order chi connectivity index (χ1) is 11.7. The Morgan fingerprint density at radius 3 is 3.25 bits per heavy atom. The summed E-state index contributed by atoms with van der Waals surface area (Å²) in [6.45, 7) is 1.16. The molecule has 2 N–H and O–H groups in total. The van der Waals surface area contributed by atoms with Crippen molar-refractivity contribution < 1.29 is 14.1 Å². The lowest BCUT2D eigenvalue weighted by Gasteiger charge is -2.08. The molecule has 3 aromatic heterocycles. The van der Waals surface area contributed by atoms with Gasteiger partial charge in [0, 0.05) is 30.9 Å². The van der Waals surface area contributed by atoms with E-state index in [0.29, 0.717) is 22.8 Å². The van der Waals surface area contributed by atoms with Crippen LogP contribution in [0.1, 0.15) is 23.5 Å². The highest BCUT2D eigenvalue weighted by molar-refractivity contribution is 6.37. The van der Waals surface area contributed by atoms with E-state index in [2.05, 4.69) is 25.4 Å². The normalized spacial score (nSPS) is 17.5. The summed E-state index contributed by atoms with van der Waals surface area (Å²) in [5.74, 6) is -0.331. The van der Waals surface area contributed by atoms with E-state index in [1.165, 1.54) is 0 Å². The molecule has 4 heterocycles. The van der Waals surface area contributed by atoms with Crippen molar-refractivity contribution >= 4 is 28.5 Å². The maximum absolute atomic E-state index is 12.1. The average Bonchev–Trinajstić information content (AvgIpc) is 3.33. The zero-order chi connectivity index (χ0) is 16.5. The van der Waals surface area contributed by atoms with Crippen molar-refractivity contribution in [3.8, 4) is 11.4 Å². The third kappa shape index (κ3) is 2.74. The predicted molar refractivity (Wildman–Crippen MR) is 85.7 cm³/mol. The fourth-order valence-corrected chi connectivity index (χ4v) is 2.93. The lowest BCUT2D eigenvalue weighted by Crippen LogP contribution is -2.31. The van der Waals surface area contributed by atoms with E-state index in [4.69, 9.17) is 20.9 Å². The molecule has 1 aliphatic heterocycles. The van der Waals surface area contributed by atoms with Gasteiger partial charge in [0.25, 0.3) is 0 Å². The number of carbonyl (C=O) groups excluding carboxylic acids is 1. The standard InChI is InChI=1S/C15H14ClN5O3/c16-11-9-3-4-17-12(9)18-7-10(11)13-20-15(24-21-13)14(22)19-6-8-2-1-5-23-8/h3-4,7-8H,1-2,5-6H2,(H,17,18)(H,19,22). The molecule has 9 heteroatoms. The van der Waals surface area contributed by atoms with Crippen LogP contribution in [0.4, 0.5) is 0 Å². The van der Waals surface area contributed by atoms with Crippen LogP contribution in [0.5, 0.6) is 0 Å². The van der Waals surface area contributed by atoms with Crippen LogP contribution in [0, 0.1) is 0 Å². The monoisotopic (exact) mass is 347 g/mol. The Kier molecular flexibility index (Phi) is 3.91. The molecule has 0 aromatic carbocycles. The number of pyridine rings is 1. The topological polar surface area (TPSA) is 106 Å². The Hall–Kier alpha value is -2.45. The van der Waals surface area contributed by atoms with E-state index in [9.17, 15) is 4.79 Å². The molecule has 0 spiro atoms. The summed E-state index contributed by atoms with van der Waals surface area (Å²) in [5.41, 5.74) is 1.17. The third-order valence-electron chi connectivity index (χ3n) is 3.90. The first-order valence-electron chi connectivity index (χ1n) is 7.58. The number of nitrogens with zero attached hydrogens (tertiary/aromatic N) is 3. The molecule has 0 saturated carbocycles. The second-order valence-corrected chi connectivity index (χ2v) is 5.87. The fraction of sp³-hybridized carbons (Fsp3) is 0.333. The van der Waals surface area contributed by atoms with E-state index in [0.717, 1.165) is 24.8 Å². The summed E-state index contributed by atoms with van der Waals surface area (Å²) in [7, 11) is 0. The van der Waals surface area contributed by atoms with Gasteiger partial charge in [-0.1, -0.05) is 16.8 Å². The van der Waals surface area contributed by atoms with Crippen molar-refractivity contribution in [2.45, 2.75) is 18.9 Å². The summed E-state index contributed by atoms with van der Waals surface area (Å²) in [6, 6.07) is 1.81. The smallest absolute Gasteiger partial charge is 0.316 e. The first-order valence-corrected chi connectivity index (χ1v) is 7.95. The molecule has 1 unspecified atom stereocenters. The van der Waals surface area contributed by atoms with Crippen molar-refractivity contribution in [3.63, 3.8) is 0 Å². The molecule has 0 aliphatic carbocycles. The lowest BCUT2D eigenvalue weighted by atomic mass is 10.2. The maximum atomic E-state index is 12.1. The summed E-state index contributed by atoms with van der Waals surface area (Å²) in [6.07, 6.45) is 5.28. The molecular weight excluding hydrogens is 334 g/mol.